The SMILES string of the molecule is Cl.NC(=O)c1cnc(Nc2ccc(NC(=O)C3CCCNC3)cc2)cc1NCc1ccccc1. The Bertz CT molecular complexity index is 1100. The number of carbonyl (C=O) groups is 2. The Labute approximate surface area is 205 Å². The van der Waals surface area contributed by atoms with E-state index in [1.54, 1.807) is 6.07 Å². The molecule has 3 aromatic rings. The molecule has 1 fully saturated rings. The molecule has 0 spiro atoms. The predicted octanol–water partition coefficient (Wildman–Crippen LogP) is 3.90. The van der Waals surface area contributed by atoms with Gasteiger partial charge in [0.05, 0.1) is 17.2 Å². The van der Waals surface area contributed by atoms with Gasteiger partial charge in [0.25, 0.3) is 5.91 Å². The van der Waals surface area contributed by atoms with E-state index in [2.05, 4.69) is 26.3 Å². The Morgan fingerprint density at radius 3 is 2.47 bits per heavy atom. The maximum atomic E-state index is 12.4. The Kier molecular flexibility index (Phi) is 8.84. The average Bonchev–Trinajstić information content (AvgIpc) is 2.85. The molecule has 0 saturated carbocycles. The van der Waals surface area contributed by atoms with Crippen LogP contribution in [0.3, 0.4) is 0 Å². The molecule has 34 heavy (non-hydrogen) atoms. The maximum Gasteiger partial charge on any atom is 0.252 e. The van der Waals surface area contributed by atoms with Crippen molar-refractivity contribution in [2.45, 2.75) is 19.4 Å². The number of amides is 2. The van der Waals surface area contributed by atoms with Gasteiger partial charge >= 0.3 is 0 Å². The first kappa shape index (κ1) is 25.0. The molecule has 1 aliphatic rings. The third-order valence-corrected chi connectivity index (χ3v) is 5.59. The number of halogens is 1. The lowest BCUT2D eigenvalue weighted by atomic mass is 9.99. The molecule has 9 heteroatoms. The number of nitrogens with zero attached hydrogens (tertiary/aromatic N) is 1. The number of carbonyl (C=O) groups excluding carboxylic acids is 2. The summed E-state index contributed by atoms with van der Waals surface area (Å²) in [5, 5.41) is 12.7. The van der Waals surface area contributed by atoms with E-state index in [-0.39, 0.29) is 24.2 Å². The van der Waals surface area contributed by atoms with Crippen LogP contribution in [0.15, 0.2) is 66.9 Å². The molecule has 178 valence electrons. The Morgan fingerprint density at radius 2 is 1.79 bits per heavy atom. The molecule has 6 N–H and O–H groups in total. The monoisotopic (exact) mass is 480 g/mol. The highest BCUT2D eigenvalue weighted by Crippen LogP contribution is 2.23. The van der Waals surface area contributed by atoms with Crippen LogP contribution in [0.5, 0.6) is 0 Å². The van der Waals surface area contributed by atoms with Crippen molar-refractivity contribution in [3.05, 3.63) is 78.0 Å². The van der Waals surface area contributed by atoms with Gasteiger partial charge in [0.2, 0.25) is 5.91 Å². The number of nitrogens with two attached hydrogens (primary N) is 1. The third kappa shape index (κ3) is 6.69. The van der Waals surface area contributed by atoms with Crippen molar-refractivity contribution in [1.29, 1.82) is 0 Å². The largest absolute Gasteiger partial charge is 0.380 e. The first-order valence-corrected chi connectivity index (χ1v) is 11.0. The molecular weight excluding hydrogens is 452 g/mol. The number of rotatable bonds is 8. The van der Waals surface area contributed by atoms with Crippen LogP contribution in [0, 0.1) is 5.92 Å². The first-order valence-electron chi connectivity index (χ1n) is 11.0. The predicted molar refractivity (Wildman–Crippen MR) is 138 cm³/mol. The fraction of sp³-hybridized carbons (Fsp3) is 0.240. The lowest BCUT2D eigenvalue weighted by molar-refractivity contribution is -0.120. The Morgan fingerprint density at radius 1 is 1.06 bits per heavy atom. The Hall–Kier alpha value is -3.62. The number of piperidine rings is 1. The summed E-state index contributed by atoms with van der Waals surface area (Å²) in [6.07, 6.45) is 3.39. The summed E-state index contributed by atoms with van der Waals surface area (Å²) < 4.78 is 0. The topological polar surface area (TPSA) is 121 Å². The normalized spacial score (nSPS) is 15.0. The molecule has 2 amide bonds. The van der Waals surface area contributed by atoms with Crippen molar-refractivity contribution >= 4 is 47.1 Å². The smallest absolute Gasteiger partial charge is 0.252 e. The van der Waals surface area contributed by atoms with Crippen LogP contribution in [0.25, 0.3) is 0 Å². The van der Waals surface area contributed by atoms with Crippen molar-refractivity contribution in [2.75, 3.05) is 29.0 Å². The summed E-state index contributed by atoms with van der Waals surface area (Å²) in [5.41, 5.74) is 9.09. The highest BCUT2D eigenvalue weighted by molar-refractivity contribution is 5.98. The number of pyridine rings is 1. The molecule has 0 aliphatic carbocycles. The Balaban J connectivity index is 0.00000324. The third-order valence-electron chi connectivity index (χ3n) is 5.59. The lowest BCUT2D eigenvalue weighted by Gasteiger charge is -2.21. The van der Waals surface area contributed by atoms with Gasteiger partial charge in [0, 0.05) is 36.7 Å². The van der Waals surface area contributed by atoms with Gasteiger partial charge in [-0.3, -0.25) is 9.59 Å². The zero-order valence-corrected chi connectivity index (χ0v) is 19.5. The number of hydrogen-bond donors (Lipinski definition) is 5. The minimum atomic E-state index is -0.544. The molecule has 1 aromatic heterocycles. The second kappa shape index (κ2) is 12.0. The standard InChI is InChI=1S/C25H28N6O2.ClH/c26-24(32)21-16-29-23(13-22(21)28-14-17-5-2-1-3-6-17)30-19-8-10-20(11-9-19)31-25(33)18-7-4-12-27-15-18;/h1-3,5-6,8-11,13,16,18,27H,4,7,12,14-15H2,(H2,26,32)(H,31,33)(H2,28,29,30);1H. The van der Waals surface area contributed by atoms with E-state index in [0.29, 0.717) is 23.6 Å². The second-order valence-electron chi connectivity index (χ2n) is 8.05. The summed E-state index contributed by atoms with van der Waals surface area (Å²) in [6, 6.07) is 19.1. The lowest BCUT2D eigenvalue weighted by Crippen LogP contribution is -2.37. The highest BCUT2D eigenvalue weighted by atomic mass is 35.5. The highest BCUT2D eigenvalue weighted by Gasteiger charge is 2.20. The minimum absolute atomic E-state index is 0. The molecule has 2 heterocycles. The van der Waals surface area contributed by atoms with Gasteiger partial charge in [0.1, 0.15) is 5.82 Å². The maximum absolute atomic E-state index is 12.4. The van der Waals surface area contributed by atoms with E-state index < -0.39 is 5.91 Å². The van der Waals surface area contributed by atoms with Crippen LogP contribution in [-0.2, 0) is 11.3 Å². The van der Waals surface area contributed by atoms with Gasteiger partial charge in [0.15, 0.2) is 0 Å². The molecule has 1 unspecified atom stereocenters. The van der Waals surface area contributed by atoms with E-state index >= 15 is 0 Å². The summed E-state index contributed by atoms with van der Waals surface area (Å²) in [4.78, 5) is 28.6. The molecule has 2 aromatic carbocycles. The zero-order chi connectivity index (χ0) is 23.0. The molecule has 1 saturated heterocycles. The van der Waals surface area contributed by atoms with Crippen molar-refractivity contribution < 1.29 is 9.59 Å². The number of hydrogen-bond acceptors (Lipinski definition) is 6. The molecule has 8 nitrogen and oxygen atoms in total. The van der Waals surface area contributed by atoms with Gasteiger partial charge in [-0.15, -0.1) is 12.4 Å². The van der Waals surface area contributed by atoms with E-state index in [1.807, 2.05) is 54.6 Å². The summed E-state index contributed by atoms with van der Waals surface area (Å²) in [6.45, 7) is 2.25. The van der Waals surface area contributed by atoms with Gasteiger partial charge in [-0.25, -0.2) is 4.98 Å². The number of benzene rings is 2. The number of primary amides is 1. The zero-order valence-electron chi connectivity index (χ0n) is 18.7. The second-order valence-corrected chi connectivity index (χ2v) is 8.05. The average molecular weight is 481 g/mol. The van der Waals surface area contributed by atoms with Gasteiger partial charge < -0.3 is 27.0 Å². The van der Waals surface area contributed by atoms with Gasteiger partial charge in [-0.2, -0.15) is 0 Å². The molecule has 1 atom stereocenters. The van der Waals surface area contributed by atoms with Crippen LogP contribution in [-0.4, -0.2) is 29.9 Å². The summed E-state index contributed by atoms with van der Waals surface area (Å²) >= 11 is 0. The quantitative estimate of drug-likeness (QED) is 0.333. The molecule has 0 radical (unpaired) electrons. The van der Waals surface area contributed by atoms with Gasteiger partial charge in [-0.1, -0.05) is 30.3 Å². The molecule has 0 bridgehead atoms. The molecule has 4 rings (SSSR count). The van der Waals surface area contributed by atoms with Crippen molar-refractivity contribution in [2.24, 2.45) is 11.7 Å². The van der Waals surface area contributed by atoms with Crippen LogP contribution >= 0.6 is 12.4 Å². The number of nitrogens with one attached hydrogen (secondary N) is 4. The van der Waals surface area contributed by atoms with Crippen LogP contribution < -0.4 is 27.0 Å². The van der Waals surface area contributed by atoms with E-state index in [4.69, 9.17) is 5.73 Å². The van der Waals surface area contributed by atoms with Crippen LogP contribution in [0.1, 0.15) is 28.8 Å². The van der Waals surface area contributed by atoms with Crippen molar-refractivity contribution in [3.63, 3.8) is 0 Å². The van der Waals surface area contributed by atoms with Gasteiger partial charge in [-0.05, 0) is 49.2 Å². The number of anilines is 4. The molecular formula is C25H29ClN6O2. The molecule has 1 aliphatic heterocycles. The van der Waals surface area contributed by atoms with E-state index in [9.17, 15) is 9.59 Å². The van der Waals surface area contributed by atoms with E-state index in [0.717, 1.165) is 42.9 Å². The fourth-order valence-electron chi connectivity index (χ4n) is 3.76. The first-order chi connectivity index (χ1) is 16.1. The van der Waals surface area contributed by atoms with Crippen molar-refractivity contribution in [3.8, 4) is 0 Å². The summed E-state index contributed by atoms with van der Waals surface area (Å²) in [7, 11) is 0. The fourth-order valence-corrected chi connectivity index (χ4v) is 3.76. The summed E-state index contributed by atoms with van der Waals surface area (Å²) in [5.74, 6) is 0.0746. The van der Waals surface area contributed by atoms with Crippen molar-refractivity contribution in [1.82, 2.24) is 10.3 Å². The number of aromatic nitrogens is 1. The minimum Gasteiger partial charge on any atom is -0.380 e. The van der Waals surface area contributed by atoms with Crippen LogP contribution in [0.4, 0.5) is 22.9 Å². The van der Waals surface area contributed by atoms with Crippen LogP contribution in [0.2, 0.25) is 0 Å². The van der Waals surface area contributed by atoms with E-state index in [1.165, 1.54) is 6.20 Å².